The summed E-state index contributed by atoms with van der Waals surface area (Å²) in [7, 11) is 0. The smallest absolute Gasteiger partial charge is 0.137 e. The van der Waals surface area contributed by atoms with Crippen molar-refractivity contribution < 1.29 is 4.39 Å². The SMILES string of the molecule is CC(C)C(Br)CCc1ccc(F)c(Br)c1. The highest BCUT2D eigenvalue weighted by molar-refractivity contribution is 9.10. The van der Waals surface area contributed by atoms with Crippen LogP contribution in [0.25, 0.3) is 0 Å². The van der Waals surface area contributed by atoms with E-state index < -0.39 is 0 Å². The molecule has 1 rings (SSSR count). The molecule has 0 radical (unpaired) electrons. The quantitative estimate of drug-likeness (QED) is 0.682. The first-order valence-electron chi connectivity index (χ1n) is 5.08. The first-order valence-corrected chi connectivity index (χ1v) is 6.79. The maximum atomic E-state index is 13.0. The van der Waals surface area contributed by atoms with Gasteiger partial charge in [0.2, 0.25) is 0 Å². The van der Waals surface area contributed by atoms with E-state index in [1.165, 1.54) is 11.6 Å². The van der Waals surface area contributed by atoms with Gasteiger partial charge in [0.15, 0.2) is 0 Å². The molecule has 0 saturated heterocycles. The lowest BCUT2D eigenvalue weighted by atomic mass is 10.0. The monoisotopic (exact) mass is 336 g/mol. The summed E-state index contributed by atoms with van der Waals surface area (Å²) in [6.45, 7) is 4.39. The van der Waals surface area contributed by atoms with Gasteiger partial charge in [0.05, 0.1) is 4.47 Å². The molecule has 0 fully saturated rings. The summed E-state index contributed by atoms with van der Waals surface area (Å²) < 4.78 is 13.5. The van der Waals surface area contributed by atoms with Crippen LogP contribution in [0.4, 0.5) is 4.39 Å². The number of rotatable bonds is 4. The van der Waals surface area contributed by atoms with Crippen molar-refractivity contribution in [3.05, 3.63) is 34.1 Å². The molecule has 3 heteroatoms. The molecule has 0 nitrogen and oxygen atoms in total. The molecule has 1 aromatic carbocycles. The highest BCUT2D eigenvalue weighted by atomic mass is 79.9. The molecule has 0 aromatic heterocycles. The Morgan fingerprint density at radius 3 is 2.53 bits per heavy atom. The third-order valence-electron chi connectivity index (χ3n) is 2.42. The molecule has 0 N–H and O–H groups in total. The number of halogens is 3. The molecule has 1 aromatic rings. The van der Waals surface area contributed by atoms with Gasteiger partial charge < -0.3 is 0 Å². The fraction of sp³-hybridized carbons (Fsp3) is 0.500. The van der Waals surface area contributed by atoms with Crippen molar-refractivity contribution in [3.8, 4) is 0 Å². The van der Waals surface area contributed by atoms with Crippen molar-refractivity contribution in [2.75, 3.05) is 0 Å². The molecule has 1 atom stereocenters. The van der Waals surface area contributed by atoms with Gasteiger partial charge in [0.1, 0.15) is 5.82 Å². The molecule has 0 saturated carbocycles. The summed E-state index contributed by atoms with van der Waals surface area (Å²) >= 11 is 6.84. The van der Waals surface area contributed by atoms with Gasteiger partial charge in [-0.05, 0) is 52.4 Å². The minimum absolute atomic E-state index is 0.196. The van der Waals surface area contributed by atoms with Crippen molar-refractivity contribution in [2.24, 2.45) is 5.92 Å². The second-order valence-corrected chi connectivity index (χ2v) is 6.08. The molecule has 0 heterocycles. The first-order chi connectivity index (χ1) is 7.00. The third-order valence-corrected chi connectivity index (χ3v) is 4.54. The molecule has 0 aliphatic rings. The minimum atomic E-state index is -0.196. The molecule has 0 bridgehead atoms. The van der Waals surface area contributed by atoms with Crippen LogP contribution in [0, 0.1) is 11.7 Å². The van der Waals surface area contributed by atoms with Crippen LogP contribution < -0.4 is 0 Å². The van der Waals surface area contributed by atoms with Crippen LogP contribution in [-0.4, -0.2) is 4.83 Å². The number of alkyl halides is 1. The topological polar surface area (TPSA) is 0 Å². The summed E-state index contributed by atoms with van der Waals surface area (Å²) in [6, 6.07) is 5.22. The van der Waals surface area contributed by atoms with E-state index in [0.717, 1.165) is 12.8 Å². The Kier molecular flexibility index (Phi) is 5.27. The van der Waals surface area contributed by atoms with Crippen molar-refractivity contribution in [3.63, 3.8) is 0 Å². The van der Waals surface area contributed by atoms with Crippen LogP contribution in [0.2, 0.25) is 0 Å². The van der Waals surface area contributed by atoms with E-state index in [2.05, 4.69) is 45.7 Å². The highest BCUT2D eigenvalue weighted by Crippen LogP contribution is 2.21. The summed E-state index contributed by atoms with van der Waals surface area (Å²) in [5, 5.41) is 0. The number of hydrogen-bond acceptors (Lipinski definition) is 0. The van der Waals surface area contributed by atoms with E-state index in [1.807, 2.05) is 12.1 Å². The molecule has 0 aliphatic heterocycles. The van der Waals surface area contributed by atoms with Gasteiger partial charge in [0.25, 0.3) is 0 Å². The van der Waals surface area contributed by atoms with Crippen molar-refractivity contribution in [1.82, 2.24) is 0 Å². The predicted octanol–water partition coefficient (Wildman–Crippen LogP) is 4.94. The molecule has 1 unspecified atom stereocenters. The van der Waals surface area contributed by atoms with E-state index in [9.17, 15) is 4.39 Å². The average molecular weight is 338 g/mol. The molecule has 0 aliphatic carbocycles. The van der Waals surface area contributed by atoms with Crippen LogP contribution in [-0.2, 0) is 6.42 Å². The number of aryl methyl sites for hydroxylation is 1. The Hall–Kier alpha value is 0.110. The Bertz CT molecular complexity index is 323. The van der Waals surface area contributed by atoms with E-state index in [4.69, 9.17) is 0 Å². The Morgan fingerprint density at radius 2 is 2.00 bits per heavy atom. The van der Waals surface area contributed by atoms with Gasteiger partial charge in [-0.15, -0.1) is 0 Å². The summed E-state index contributed by atoms with van der Waals surface area (Å²) in [5.41, 5.74) is 1.17. The lowest BCUT2D eigenvalue weighted by Crippen LogP contribution is -2.08. The fourth-order valence-electron chi connectivity index (χ4n) is 1.33. The lowest BCUT2D eigenvalue weighted by Gasteiger charge is -2.13. The van der Waals surface area contributed by atoms with Crippen LogP contribution in [0.15, 0.2) is 22.7 Å². The average Bonchev–Trinajstić information content (AvgIpc) is 2.19. The zero-order chi connectivity index (χ0) is 11.4. The van der Waals surface area contributed by atoms with Gasteiger partial charge in [0, 0.05) is 4.83 Å². The number of hydrogen-bond donors (Lipinski definition) is 0. The molecule has 0 spiro atoms. The second kappa shape index (κ2) is 6.00. The Labute approximate surface area is 108 Å². The summed E-state index contributed by atoms with van der Waals surface area (Å²) in [4.78, 5) is 0.529. The molecule has 84 valence electrons. The first kappa shape index (κ1) is 13.2. The Balaban J connectivity index is 2.55. The molecule has 15 heavy (non-hydrogen) atoms. The van der Waals surface area contributed by atoms with E-state index in [0.29, 0.717) is 15.2 Å². The maximum Gasteiger partial charge on any atom is 0.137 e. The second-order valence-electron chi connectivity index (χ2n) is 4.05. The largest absolute Gasteiger partial charge is 0.206 e. The zero-order valence-electron chi connectivity index (χ0n) is 8.93. The zero-order valence-corrected chi connectivity index (χ0v) is 12.1. The number of benzene rings is 1. The summed E-state index contributed by atoms with van der Waals surface area (Å²) in [5.74, 6) is 0.437. The highest BCUT2D eigenvalue weighted by Gasteiger charge is 2.09. The van der Waals surface area contributed by atoms with Gasteiger partial charge in [-0.3, -0.25) is 0 Å². The van der Waals surface area contributed by atoms with Gasteiger partial charge in [-0.1, -0.05) is 35.8 Å². The lowest BCUT2D eigenvalue weighted by molar-refractivity contribution is 0.580. The fourth-order valence-corrected chi connectivity index (χ4v) is 1.99. The predicted molar refractivity (Wildman–Crippen MR) is 70.0 cm³/mol. The molecule has 0 amide bonds. The minimum Gasteiger partial charge on any atom is -0.206 e. The maximum absolute atomic E-state index is 13.0. The van der Waals surface area contributed by atoms with Crippen LogP contribution in [0.3, 0.4) is 0 Å². The van der Waals surface area contributed by atoms with E-state index >= 15 is 0 Å². The molecular weight excluding hydrogens is 323 g/mol. The normalized spacial score (nSPS) is 13.2. The van der Waals surface area contributed by atoms with Gasteiger partial charge >= 0.3 is 0 Å². The van der Waals surface area contributed by atoms with Crippen molar-refractivity contribution >= 4 is 31.9 Å². The van der Waals surface area contributed by atoms with Crippen molar-refractivity contribution in [1.29, 1.82) is 0 Å². The van der Waals surface area contributed by atoms with Crippen molar-refractivity contribution in [2.45, 2.75) is 31.5 Å². The van der Waals surface area contributed by atoms with Crippen LogP contribution >= 0.6 is 31.9 Å². The Morgan fingerprint density at radius 1 is 1.33 bits per heavy atom. The summed E-state index contributed by atoms with van der Waals surface area (Å²) in [6.07, 6.45) is 2.06. The van der Waals surface area contributed by atoms with Gasteiger partial charge in [-0.25, -0.2) is 4.39 Å². The van der Waals surface area contributed by atoms with E-state index in [-0.39, 0.29) is 5.82 Å². The van der Waals surface area contributed by atoms with Gasteiger partial charge in [-0.2, -0.15) is 0 Å². The van der Waals surface area contributed by atoms with Crippen LogP contribution in [0.1, 0.15) is 25.8 Å². The van der Waals surface area contributed by atoms with E-state index in [1.54, 1.807) is 0 Å². The third kappa shape index (κ3) is 4.23. The van der Waals surface area contributed by atoms with Crippen LogP contribution in [0.5, 0.6) is 0 Å². The molecular formula is C12H15Br2F. The standard InChI is InChI=1S/C12H15Br2F/c1-8(2)10(13)5-3-9-4-6-12(15)11(14)7-9/h4,6-8,10H,3,5H2,1-2H3.